The highest BCUT2D eigenvalue weighted by atomic mass is 16.2. The molecule has 2 aromatic rings. The Balaban J connectivity index is 1.59. The van der Waals surface area contributed by atoms with Crippen molar-refractivity contribution in [1.29, 1.82) is 0 Å². The van der Waals surface area contributed by atoms with Gasteiger partial charge in [0.1, 0.15) is 5.82 Å². The van der Waals surface area contributed by atoms with Gasteiger partial charge in [0.15, 0.2) is 0 Å². The van der Waals surface area contributed by atoms with Gasteiger partial charge in [-0.05, 0) is 30.4 Å². The Bertz CT molecular complexity index is 689. The molecule has 5 nitrogen and oxygen atoms in total. The van der Waals surface area contributed by atoms with E-state index in [0.29, 0.717) is 24.3 Å². The van der Waals surface area contributed by atoms with E-state index < -0.39 is 0 Å². The number of carbonyl (C=O) groups excluding carboxylic acids is 1. The van der Waals surface area contributed by atoms with Gasteiger partial charge in [-0.15, -0.1) is 0 Å². The summed E-state index contributed by atoms with van der Waals surface area (Å²) in [4.78, 5) is 26.1. The third kappa shape index (κ3) is 2.82. The summed E-state index contributed by atoms with van der Waals surface area (Å²) in [5, 5.41) is 7.58. The molecule has 5 heteroatoms. The van der Waals surface area contributed by atoms with Crippen molar-refractivity contribution in [2.24, 2.45) is 5.92 Å². The van der Waals surface area contributed by atoms with Crippen LogP contribution >= 0.6 is 0 Å². The summed E-state index contributed by atoms with van der Waals surface area (Å²) in [7, 11) is 0. The third-order valence-electron chi connectivity index (χ3n) is 3.44. The van der Waals surface area contributed by atoms with Gasteiger partial charge in [-0.25, -0.2) is 0 Å². The standard InChI is InChI=1S/C15H17N3O2/c19-14(10-5-6-10)17-8-7-16-13-9-11-3-1-2-4-12(11)15(20)18-13/h1-4,9-10H,5-8H2,(H,17,19)(H2,16,18,20). The summed E-state index contributed by atoms with van der Waals surface area (Å²) in [6, 6.07) is 9.36. The highest BCUT2D eigenvalue weighted by Gasteiger charge is 2.28. The van der Waals surface area contributed by atoms with Gasteiger partial charge in [-0.3, -0.25) is 9.59 Å². The van der Waals surface area contributed by atoms with Crippen LogP contribution in [0.3, 0.4) is 0 Å². The van der Waals surface area contributed by atoms with Gasteiger partial charge in [0, 0.05) is 24.4 Å². The van der Waals surface area contributed by atoms with Gasteiger partial charge in [0.05, 0.1) is 0 Å². The Morgan fingerprint density at radius 1 is 1.25 bits per heavy atom. The summed E-state index contributed by atoms with van der Waals surface area (Å²) in [5.41, 5.74) is -0.104. The molecular formula is C15H17N3O2. The Kier molecular flexibility index (Phi) is 3.41. The summed E-state index contributed by atoms with van der Waals surface area (Å²) in [6.07, 6.45) is 2.02. The number of rotatable bonds is 5. The van der Waals surface area contributed by atoms with E-state index in [4.69, 9.17) is 0 Å². The molecule has 3 N–H and O–H groups in total. The summed E-state index contributed by atoms with van der Waals surface area (Å²) in [6.45, 7) is 1.15. The molecule has 0 atom stereocenters. The fourth-order valence-corrected chi connectivity index (χ4v) is 2.18. The number of amides is 1. The second-order valence-corrected chi connectivity index (χ2v) is 5.09. The van der Waals surface area contributed by atoms with Crippen LogP contribution in [0, 0.1) is 5.92 Å². The van der Waals surface area contributed by atoms with E-state index in [1.165, 1.54) is 0 Å². The van der Waals surface area contributed by atoms with Crippen LogP contribution in [0.25, 0.3) is 10.8 Å². The molecule has 104 valence electrons. The van der Waals surface area contributed by atoms with Gasteiger partial charge < -0.3 is 15.6 Å². The average Bonchev–Trinajstić information content (AvgIpc) is 3.28. The molecular weight excluding hydrogens is 254 g/mol. The number of hydrogen-bond donors (Lipinski definition) is 3. The zero-order valence-electron chi connectivity index (χ0n) is 11.1. The molecule has 1 aliphatic rings. The summed E-state index contributed by atoms with van der Waals surface area (Å²) < 4.78 is 0. The van der Waals surface area contributed by atoms with E-state index in [2.05, 4.69) is 15.6 Å². The lowest BCUT2D eigenvalue weighted by Crippen LogP contribution is -2.30. The van der Waals surface area contributed by atoms with Crippen LogP contribution in [0.1, 0.15) is 12.8 Å². The smallest absolute Gasteiger partial charge is 0.257 e. The van der Waals surface area contributed by atoms with Gasteiger partial charge in [0.2, 0.25) is 5.91 Å². The van der Waals surface area contributed by atoms with Crippen LogP contribution in [0.5, 0.6) is 0 Å². The molecule has 1 aromatic carbocycles. The van der Waals surface area contributed by atoms with Crippen molar-refractivity contribution in [2.45, 2.75) is 12.8 Å². The number of nitrogens with one attached hydrogen (secondary N) is 3. The van der Waals surface area contributed by atoms with Gasteiger partial charge >= 0.3 is 0 Å². The van der Waals surface area contributed by atoms with Crippen LogP contribution in [0.2, 0.25) is 0 Å². The third-order valence-corrected chi connectivity index (χ3v) is 3.44. The van der Waals surface area contributed by atoms with Gasteiger partial charge in [-0.2, -0.15) is 0 Å². The van der Waals surface area contributed by atoms with Crippen molar-refractivity contribution in [1.82, 2.24) is 10.3 Å². The maximum absolute atomic E-state index is 11.9. The number of aromatic amines is 1. The minimum absolute atomic E-state index is 0.104. The van der Waals surface area contributed by atoms with E-state index >= 15 is 0 Å². The number of pyridine rings is 1. The first kappa shape index (κ1) is 12.7. The molecule has 0 saturated heterocycles. The lowest BCUT2D eigenvalue weighted by Gasteiger charge is -2.08. The van der Waals surface area contributed by atoms with Crippen molar-refractivity contribution < 1.29 is 4.79 Å². The monoisotopic (exact) mass is 271 g/mol. The molecule has 1 aliphatic carbocycles. The second kappa shape index (κ2) is 5.36. The van der Waals surface area contributed by atoms with Crippen LogP contribution in [0.4, 0.5) is 5.82 Å². The van der Waals surface area contributed by atoms with Crippen LogP contribution < -0.4 is 16.2 Å². The Morgan fingerprint density at radius 3 is 2.85 bits per heavy atom. The molecule has 1 amide bonds. The van der Waals surface area contributed by atoms with Crippen molar-refractivity contribution >= 4 is 22.5 Å². The molecule has 0 radical (unpaired) electrons. The zero-order chi connectivity index (χ0) is 13.9. The van der Waals surface area contributed by atoms with E-state index in [1.54, 1.807) is 6.07 Å². The largest absolute Gasteiger partial charge is 0.370 e. The predicted octanol–water partition coefficient (Wildman–Crippen LogP) is 1.47. The van der Waals surface area contributed by atoms with Crippen LogP contribution in [-0.2, 0) is 4.79 Å². The van der Waals surface area contributed by atoms with E-state index in [9.17, 15) is 9.59 Å². The predicted molar refractivity (Wildman–Crippen MR) is 78.8 cm³/mol. The number of carbonyl (C=O) groups is 1. The Morgan fingerprint density at radius 2 is 2.05 bits per heavy atom. The molecule has 20 heavy (non-hydrogen) atoms. The molecule has 1 fully saturated rings. The number of hydrogen-bond acceptors (Lipinski definition) is 3. The normalized spacial score (nSPS) is 14.2. The minimum atomic E-state index is -0.104. The molecule has 0 bridgehead atoms. The number of aromatic nitrogens is 1. The SMILES string of the molecule is O=C(NCCNc1cc2ccccc2c(=O)[nH]1)C1CC1. The fourth-order valence-electron chi connectivity index (χ4n) is 2.18. The van der Waals surface area contributed by atoms with Crippen molar-refractivity contribution in [3.8, 4) is 0 Å². The molecule has 3 rings (SSSR count). The number of fused-ring (bicyclic) bond motifs is 1. The Labute approximate surface area is 116 Å². The summed E-state index contributed by atoms with van der Waals surface area (Å²) in [5.74, 6) is 1.05. The van der Waals surface area contributed by atoms with E-state index in [1.807, 2.05) is 24.3 Å². The fraction of sp³-hybridized carbons (Fsp3) is 0.333. The topological polar surface area (TPSA) is 74.0 Å². The van der Waals surface area contributed by atoms with Gasteiger partial charge in [-0.1, -0.05) is 18.2 Å². The maximum Gasteiger partial charge on any atom is 0.257 e. The molecule has 1 heterocycles. The average molecular weight is 271 g/mol. The first-order chi connectivity index (χ1) is 9.74. The number of H-pyrrole nitrogens is 1. The molecule has 0 aliphatic heterocycles. The van der Waals surface area contributed by atoms with Crippen molar-refractivity contribution in [2.75, 3.05) is 18.4 Å². The van der Waals surface area contributed by atoms with E-state index in [0.717, 1.165) is 18.2 Å². The zero-order valence-corrected chi connectivity index (χ0v) is 11.1. The number of anilines is 1. The van der Waals surface area contributed by atoms with Gasteiger partial charge in [0.25, 0.3) is 5.56 Å². The summed E-state index contributed by atoms with van der Waals surface area (Å²) >= 11 is 0. The first-order valence-corrected chi connectivity index (χ1v) is 6.88. The quantitative estimate of drug-likeness (QED) is 0.721. The highest BCUT2D eigenvalue weighted by Crippen LogP contribution is 2.28. The minimum Gasteiger partial charge on any atom is -0.370 e. The van der Waals surface area contributed by atoms with Crippen molar-refractivity contribution in [3.05, 3.63) is 40.7 Å². The van der Waals surface area contributed by atoms with E-state index in [-0.39, 0.29) is 17.4 Å². The van der Waals surface area contributed by atoms with Crippen molar-refractivity contribution in [3.63, 3.8) is 0 Å². The second-order valence-electron chi connectivity index (χ2n) is 5.09. The molecule has 0 spiro atoms. The lowest BCUT2D eigenvalue weighted by molar-refractivity contribution is -0.122. The molecule has 1 aromatic heterocycles. The van der Waals surface area contributed by atoms with Crippen LogP contribution in [0.15, 0.2) is 35.1 Å². The molecule has 0 unspecified atom stereocenters. The van der Waals surface area contributed by atoms with Crippen LogP contribution in [-0.4, -0.2) is 24.0 Å². The maximum atomic E-state index is 11.9. The Hall–Kier alpha value is -2.30. The number of benzene rings is 1. The highest BCUT2D eigenvalue weighted by molar-refractivity contribution is 5.83. The molecule has 1 saturated carbocycles. The first-order valence-electron chi connectivity index (χ1n) is 6.88. The lowest BCUT2D eigenvalue weighted by atomic mass is 10.2.